The van der Waals surface area contributed by atoms with Gasteiger partial charge in [-0.2, -0.15) is 0 Å². The van der Waals surface area contributed by atoms with Crippen LogP contribution in [0.25, 0.3) is 10.9 Å². The number of aliphatic hydroxyl groups excluding tert-OH is 1. The molecule has 3 heterocycles. The molecule has 170 valence electrons. The second-order valence-corrected chi connectivity index (χ2v) is 9.44. The lowest BCUT2D eigenvalue weighted by Crippen LogP contribution is -2.50. The van der Waals surface area contributed by atoms with Gasteiger partial charge >= 0.3 is 0 Å². The molecule has 0 unspecified atom stereocenters. The van der Waals surface area contributed by atoms with Crippen molar-refractivity contribution in [1.82, 2.24) is 20.5 Å². The minimum atomic E-state index is -0.660. The van der Waals surface area contributed by atoms with Gasteiger partial charge < -0.3 is 25.6 Å². The minimum Gasteiger partial charge on any atom is -0.394 e. The molecule has 3 atom stereocenters. The molecule has 1 aromatic heterocycles. The summed E-state index contributed by atoms with van der Waals surface area (Å²) in [6, 6.07) is 4.91. The number of aliphatic hydroxyl groups is 1. The third kappa shape index (κ3) is 3.74. The quantitative estimate of drug-likeness (QED) is 0.540. The van der Waals surface area contributed by atoms with Gasteiger partial charge in [0.05, 0.1) is 12.6 Å². The van der Waals surface area contributed by atoms with Crippen molar-refractivity contribution in [2.45, 2.75) is 44.2 Å². The van der Waals surface area contributed by atoms with E-state index in [-0.39, 0.29) is 41.4 Å². The Kier molecular flexibility index (Phi) is 5.16. The van der Waals surface area contributed by atoms with Crippen molar-refractivity contribution in [1.29, 1.82) is 0 Å². The van der Waals surface area contributed by atoms with Gasteiger partial charge in [-0.3, -0.25) is 14.4 Å². The van der Waals surface area contributed by atoms with Gasteiger partial charge in [0.1, 0.15) is 17.6 Å². The Labute approximate surface area is 184 Å². The molecule has 1 saturated carbocycles. The van der Waals surface area contributed by atoms with Crippen LogP contribution in [0.2, 0.25) is 0 Å². The van der Waals surface area contributed by atoms with E-state index in [4.69, 9.17) is 0 Å². The van der Waals surface area contributed by atoms with Crippen molar-refractivity contribution in [3.63, 3.8) is 0 Å². The minimum absolute atomic E-state index is 0.0328. The lowest BCUT2D eigenvalue weighted by molar-refractivity contribution is -0.127. The number of rotatable bonds is 6. The number of aromatic amines is 1. The Morgan fingerprint density at radius 3 is 2.81 bits per heavy atom. The fraction of sp³-hybridized carbons (Fsp3) is 0.522. The smallest absolute Gasteiger partial charge is 0.271 e. The molecule has 1 aromatic carbocycles. The van der Waals surface area contributed by atoms with E-state index in [0.29, 0.717) is 43.3 Å². The van der Waals surface area contributed by atoms with Crippen LogP contribution in [-0.4, -0.2) is 64.5 Å². The number of nitrogens with zero attached hydrogens (tertiary/aromatic N) is 1. The first kappa shape index (κ1) is 20.9. The Hall–Kier alpha value is -2.94. The van der Waals surface area contributed by atoms with Crippen LogP contribution < -0.4 is 10.6 Å². The van der Waals surface area contributed by atoms with Gasteiger partial charge in [-0.25, -0.2) is 4.39 Å². The van der Waals surface area contributed by atoms with Crippen LogP contribution in [0.1, 0.15) is 42.6 Å². The maximum absolute atomic E-state index is 14.1. The maximum atomic E-state index is 14.1. The van der Waals surface area contributed by atoms with Crippen LogP contribution in [0.15, 0.2) is 24.3 Å². The second kappa shape index (κ2) is 7.88. The molecular formula is C23H27FN4O4. The van der Waals surface area contributed by atoms with Gasteiger partial charge in [-0.1, -0.05) is 6.07 Å². The molecule has 3 amide bonds. The van der Waals surface area contributed by atoms with E-state index >= 15 is 0 Å². The van der Waals surface area contributed by atoms with Gasteiger partial charge in [0.2, 0.25) is 11.8 Å². The van der Waals surface area contributed by atoms with Crippen LogP contribution in [0.4, 0.5) is 4.39 Å². The van der Waals surface area contributed by atoms with E-state index in [2.05, 4.69) is 15.6 Å². The molecular weight excluding hydrogens is 415 g/mol. The standard InChI is InChI=1S/C23H27FN4O4/c24-16-2-1-3-17-15(16)9-18(27-17)22(32)28-12-23(5-6-23)10-19(28)21(31)26-14(11-29)8-13-4-7-25-20(13)30/h1-3,9,13-14,19,27,29H,4-8,10-12H2,(H,25,30)(H,26,31)/t13-,14-,19-/m0/s1. The molecule has 1 spiro atoms. The molecule has 8 nitrogen and oxygen atoms in total. The highest BCUT2D eigenvalue weighted by molar-refractivity contribution is 6.00. The Bertz CT molecular complexity index is 1080. The van der Waals surface area contributed by atoms with Gasteiger partial charge in [0.25, 0.3) is 5.91 Å². The van der Waals surface area contributed by atoms with Crippen LogP contribution >= 0.6 is 0 Å². The molecule has 3 aliphatic rings. The average Bonchev–Trinajstić information content (AvgIpc) is 3.08. The summed E-state index contributed by atoms with van der Waals surface area (Å²) in [6.45, 7) is 0.813. The van der Waals surface area contributed by atoms with Crippen LogP contribution in [-0.2, 0) is 9.59 Å². The van der Waals surface area contributed by atoms with Crippen molar-refractivity contribution >= 4 is 28.6 Å². The maximum Gasteiger partial charge on any atom is 0.271 e. The van der Waals surface area contributed by atoms with E-state index in [0.717, 1.165) is 12.8 Å². The van der Waals surface area contributed by atoms with Crippen molar-refractivity contribution in [2.75, 3.05) is 19.7 Å². The second-order valence-electron chi connectivity index (χ2n) is 9.44. The Balaban J connectivity index is 1.33. The highest BCUT2D eigenvalue weighted by Gasteiger charge is 2.55. The van der Waals surface area contributed by atoms with Crippen molar-refractivity contribution in [2.24, 2.45) is 11.3 Å². The number of carbonyl (C=O) groups is 3. The number of hydrogen-bond donors (Lipinski definition) is 4. The van der Waals surface area contributed by atoms with Crippen molar-refractivity contribution in [3.05, 3.63) is 35.8 Å². The summed E-state index contributed by atoms with van der Waals surface area (Å²) in [7, 11) is 0. The normalized spacial score (nSPS) is 24.7. The number of nitrogens with one attached hydrogen (secondary N) is 3. The molecule has 5 rings (SSSR count). The summed E-state index contributed by atoms with van der Waals surface area (Å²) < 4.78 is 14.1. The molecule has 32 heavy (non-hydrogen) atoms. The summed E-state index contributed by atoms with van der Waals surface area (Å²) in [5.41, 5.74) is 0.751. The largest absolute Gasteiger partial charge is 0.394 e. The summed E-state index contributed by atoms with van der Waals surface area (Å²) >= 11 is 0. The van der Waals surface area contributed by atoms with Crippen LogP contribution in [0, 0.1) is 17.2 Å². The lowest BCUT2D eigenvalue weighted by atomic mass is 9.98. The zero-order valence-corrected chi connectivity index (χ0v) is 17.7. The summed E-state index contributed by atoms with van der Waals surface area (Å²) in [5, 5.41) is 15.7. The summed E-state index contributed by atoms with van der Waals surface area (Å²) in [4.78, 5) is 42.9. The number of amides is 3. The number of aromatic nitrogens is 1. The summed E-state index contributed by atoms with van der Waals surface area (Å²) in [6.07, 6.45) is 3.54. The monoisotopic (exact) mass is 442 g/mol. The number of likely N-dealkylation sites (tertiary alicyclic amines) is 1. The number of H-pyrrole nitrogens is 1. The molecule has 4 N–H and O–H groups in total. The molecule has 2 aromatic rings. The average molecular weight is 442 g/mol. The molecule has 0 radical (unpaired) electrons. The molecule has 3 fully saturated rings. The topological polar surface area (TPSA) is 115 Å². The van der Waals surface area contributed by atoms with Gasteiger partial charge in [-0.15, -0.1) is 0 Å². The zero-order chi connectivity index (χ0) is 22.5. The van der Waals surface area contributed by atoms with Gasteiger partial charge in [0, 0.05) is 29.9 Å². The van der Waals surface area contributed by atoms with E-state index < -0.39 is 17.9 Å². The highest BCUT2D eigenvalue weighted by Crippen LogP contribution is 2.55. The lowest BCUT2D eigenvalue weighted by Gasteiger charge is -2.26. The van der Waals surface area contributed by atoms with E-state index in [1.807, 2.05) is 0 Å². The third-order valence-corrected chi connectivity index (χ3v) is 7.17. The Morgan fingerprint density at radius 2 is 2.16 bits per heavy atom. The molecule has 2 saturated heterocycles. The predicted molar refractivity (Wildman–Crippen MR) is 114 cm³/mol. The van der Waals surface area contributed by atoms with E-state index in [1.165, 1.54) is 12.1 Å². The fourth-order valence-corrected chi connectivity index (χ4v) is 5.12. The van der Waals surface area contributed by atoms with Gasteiger partial charge in [-0.05, 0) is 55.7 Å². The number of carbonyl (C=O) groups excluding carboxylic acids is 3. The Morgan fingerprint density at radius 1 is 1.34 bits per heavy atom. The first-order valence-corrected chi connectivity index (χ1v) is 11.2. The van der Waals surface area contributed by atoms with Crippen molar-refractivity contribution < 1.29 is 23.9 Å². The molecule has 2 aliphatic heterocycles. The van der Waals surface area contributed by atoms with E-state index in [9.17, 15) is 23.9 Å². The first-order valence-electron chi connectivity index (χ1n) is 11.2. The molecule has 0 bridgehead atoms. The molecule has 9 heteroatoms. The third-order valence-electron chi connectivity index (χ3n) is 7.17. The fourth-order valence-electron chi connectivity index (χ4n) is 5.12. The van der Waals surface area contributed by atoms with Gasteiger partial charge in [0.15, 0.2) is 0 Å². The first-order chi connectivity index (χ1) is 15.4. The summed E-state index contributed by atoms with van der Waals surface area (Å²) in [5.74, 6) is -1.35. The zero-order valence-electron chi connectivity index (χ0n) is 17.7. The SMILES string of the molecule is O=C1NCC[C@H]1C[C@@H](CO)NC(=O)[C@@H]1CC2(CC2)CN1C(=O)c1cc2c(F)cccc2[nH]1. The number of fused-ring (bicyclic) bond motifs is 1. The van der Waals surface area contributed by atoms with E-state index in [1.54, 1.807) is 17.0 Å². The number of benzene rings is 1. The number of halogens is 1. The predicted octanol–water partition coefficient (Wildman–Crippen LogP) is 1.30. The molecule has 1 aliphatic carbocycles. The van der Waals surface area contributed by atoms with Crippen LogP contribution in [0.3, 0.4) is 0 Å². The number of hydrogen-bond acceptors (Lipinski definition) is 4. The van der Waals surface area contributed by atoms with Crippen LogP contribution in [0.5, 0.6) is 0 Å². The highest BCUT2D eigenvalue weighted by atomic mass is 19.1. The van der Waals surface area contributed by atoms with Crippen molar-refractivity contribution in [3.8, 4) is 0 Å².